The van der Waals surface area contributed by atoms with Gasteiger partial charge >= 0.3 is 0 Å². The lowest BCUT2D eigenvalue weighted by atomic mass is 10.1. The number of ether oxygens (including phenoxy) is 1. The van der Waals surface area contributed by atoms with Crippen LogP contribution in [0.1, 0.15) is 39.5 Å². The predicted octanol–water partition coefficient (Wildman–Crippen LogP) is 4.34. The number of carbonyl (C=O) groups is 2. The molecule has 2 N–H and O–H groups in total. The number of nitrogens with one attached hydrogen (secondary N) is 2. The van der Waals surface area contributed by atoms with Gasteiger partial charge in [0.2, 0.25) is 0 Å². The number of nitrogens with zero attached hydrogens (tertiary/aromatic N) is 1. The molecule has 6 nitrogen and oxygen atoms in total. The van der Waals surface area contributed by atoms with E-state index in [-0.39, 0.29) is 11.8 Å². The second-order valence-electron chi connectivity index (χ2n) is 7.54. The number of aryl methyl sites for hydroxylation is 2. The number of benzene rings is 2. The first-order chi connectivity index (χ1) is 14.8. The fourth-order valence-corrected chi connectivity index (χ4v) is 3.17. The van der Waals surface area contributed by atoms with E-state index in [1.165, 1.54) is 0 Å². The summed E-state index contributed by atoms with van der Waals surface area (Å²) in [5.41, 5.74) is 4.89. The highest BCUT2D eigenvalue weighted by molar-refractivity contribution is 6.04. The van der Waals surface area contributed by atoms with Crippen molar-refractivity contribution < 1.29 is 14.3 Å². The molecule has 0 saturated heterocycles. The minimum absolute atomic E-state index is 0.279. The fourth-order valence-electron chi connectivity index (χ4n) is 3.17. The molecule has 0 aliphatic heterocycles. The van der Waals surface area contributed by atoms with Crippen LogP contribution >= 0.6 is 0 Å². The Labute approximate surface area is 182 Å². The van der Waals surface area contributed by atoms with Crippen molar-refractivity contribution >= 4 is 17.5 Å². The summed E-state index contributed by atoms with van der Waals surface area (Å²) in [6.45, 7) is 8.01. The highest BCUT2D eigenvalue weighted by Crippen LogP contribution is 2.25. The number of para-hydroxylation sites is 1. The molecule has 0 bridgehead atoms. The van der Waals surface area contributed by atoms with Crippen LogP contribution in [0.3, 0.4) is 0 Å². The van der Waals surface area contributed by atoms with Crippen molar-refractivity contribution in [3.63, 3.8) is 0 Å². The van der Waals surface area contributed by atoms with Crippen LogP contribution in [-0.2, 0) is 11.3 Å². The van der Waals surface area contributed by atoms with Crippen molar-refractivity contribution in [1.29, 1.82) is 0 Å². The maximum Gasteiger partial charge on any atom is 0.265 e. The summed E-state index contributed by atoms with van der Waals surface area (Å²) in [7, 11) is 0. The Kier molecular flexibility index (Phi) is 7.03. The highest BCUT2D eigenvalue weighted by atomic mass is 16.5. The number of aromatic nitrogens is 1. The lowest BCUT2D eigenvalue weighted by Gasteiger charge is -2.19. The number of amides is 2. The summed E-state index contributed by atoms with van der Waals surface area (Å²) in [6.07, 6.45) is 2.65. The average Bonchev–Trinajstić information content (AvgIpc) is 2.76. The first-order valence-electron chi connectivity index (χ1n) is 10.2. The summed E-state index contributed by atoms with van der Waals surface area (Å²) in [6, 6.07) is 14.6. The smallest absolute Gasteiger partial charge is 0.265 e. The molecule has 3 rings (SSSR count). The van der Waals surface area contributed by atoms with Gasteiger partial charge in [0.25, 0.3) is 11.8 Å². The van der Waals surface area contributed by atoms with Crippen molar-refractivity contribution in [3.8, 4) is 5.75 Å². The van der Waals surface area contributed by atoms with Crippen LogP contribution < -0.4 is 15.4 Å². The summed E-state index contributed by atoms with van der Waals surface area (Å²) in [4.78, 5) is 29.5. The Morgan fingerprint density at radius 2 is 1.84 bits per heavy atom. The molecule has 160 valence electrons. The van der Waals surface area contributed by atoms with E-state index in [4.69, 9.17) is 4.74 Å². The zero-order valence-corrected chi connectivity index (χ0v) is 18.2. The second-order valence-corrected chi connectivity index (χ2v) is 7.54. The molecule has 3 aromatic rings. The molecule has 0 aliphatic carbocycles. The number of anilines is 1. The first-order valence-corrected chi connectivity index (χ1v) is 10.2. The van der Waals surface area contributed by atoms with E-state index in [1.54, 1.807) is 43.6 Å². The molecule has 1 aromatic heterocycles. The van der Waals surface area contributed by atoms with Gasteiger partial charge in [-0.15, -0.1) is 0 Å². The van der Waals surface area contributed by atoms with Gasteiger partial charge in [0.1, 0.15) is 5.75 Å². The van der Waals surface area contributed by atoms with Crippen LogP contribution in [0.5, 0.6) is 5.75 Å². The Hall–Kier alpha value is -3.67. The van der Waals surface area contributed by atoms with Crippen LogP contribution in [0.25, 0.3) is 0 Å². The van der Waals surface area contributed by atoms with Crippen molar-refractivity contribution in [2.24, 2.45) is 0 Å². The van der Waals surface area contributed by atoms with Gasteiger partial charge in [-0.25, -0.2) is 0 Å². The molecule has 0 spiro atoms. The predicted molar refractivity (Wildman–Crippen MR) is 121 cm³/mol. The first kappa shape index (κ1) is 22.0. The van der Waals surface area contributed by atoms with Gasteiger partial charge in [-0.3, -0.25) is 14.6 Å². The summed E-state index contributed by atoms with van der Waals surface area (Å²) < 4.78 is 5.93. The van der Waals surface area contributed by atoms with E-state index in [0.29, 0.717) is 23.5 Å². The van der Waals surface area contributed by atoms with Crippen LogP contribution in [0.2, 0.25) is 0 Å². The Morgan fingerprint density at radius 3 is 2.58 bits per heavy atom. The SMILES string of the molecule is Cc1cc(C)c(C)c(O[C@H](C)C(=O)Nc2ccccc2C(=O)NCc2cccnc2)c1. The standard InChI is InChI=1S/C25H27N3O3/c1-16-12-17(2)18(3)23(13-16)31-19(4)24(29)28-22-10-6-5-9-21(22)25(30)27-15-20-8-7-11-26-14-20/h5-14,19H,15H2,1-4H3,(H,27,30)(H,28,29)/t19-/m1/s1. The van der Waals surface area contributed by atoms with Crippen LogP contribution in [-0.4, -0.2) is 22.9 Å². The van der Waals surface area contributed by atoms with Gasteiger partial charge in [0.15, 0.2) is 6.10 Å². The second kappa shape index (κ2) is 9.89. The molecular formula is C25H27N3O3. The van der Waals surface area contributed by atoms with Crippen molar-refractivity contribution in [1.82, 2.24) is 10.3 Å². The van der Waals surface area contributed by atoms with E-state index in [1.807, 2.05) is 39.0 Å². The molecule has 0 radical (unpaired) electrons. The van der Waals surface area contributed by atoms with E-state index in [9.17, 15) is 9.59 Å². The van der Waals surface area contributed by atoms with Gasteiger partial charge in [0.05, 0.1) is 11.3 Å². The fraction of sp³-hybridized carbons (Fsp3) is 0.240. The summed E-state index contributed by atoms with van der Waals surface area (Å²) >= 11 is 0. The Balaban J connectivity index is 1.68. The minimum atomic E-state index is -0.730. The maximum absolute atomic E-state index is 12.8. The van der Waals surface area contributed by atoms with Gasteiger partial charge in [0, 0.05) is 18.9 Å². The van der Waals surface area contributed by atoms with Gasteiger partial charge in [-0.1, -0.05) is 24.3 Å². The molecule has 2 aromatic carbocycles. The van der Waals surface area contributed by atoms with Crippen LogP contribution in [0, 0.1) is 20.8 Å². The molecule has 31 heavy (non-hydrogen) atoms. The molecule has 1 atom stereocenters. The average molecular weight is 418 g/mol. The molecule has 0 saturated carbocycles. The van der Waals surface area contributed by atoms with Gasteiger partial charge in [-0.2, -0.15) is 0 Å². The summed E-state index contributed by atoms with van der Waals surface area (Å²) in [5, 5.41) is 5.68. The van der Waals surface area contributed by atoms with Gasteiger partial charge in [-0.05, 0) is 74.2 Å². The molecule has 1 heterocycles. The third-order valence-electron chi connectivity index (χ3n) is 5.04. The number of hydrogen-bond acceptors (Lipinski definition) is 4. The lowest BCUT2D eigenvalue weighted by molar-refractivity contribution is -0.122. The quantitative estimate of drug-likeness (QED) is 0.599. The number of carbonyl (C=O) groups excluding carboxylic acids is 2. The minimum Gasteiger partial charge on any atom is -0.481 e. The number of pyridine rings is 1. The molecule has 0 fully saturated rings. The highest BCUT2D eigenvalue weighted by Gasteiger charge is 2.19. The zero-order chi connectivity index (χ0) is 22.4. The number of rotatable bonds is 7. The van der Waals surface area contributed by atoms with Gasteiger partial charge < -0.3 is 15.4 Å². The molecule has 6 heteroatoms. The van der Waals surface area contributed by atoms with Crippen molar-refractivity contribution in [2.45, 2.75) is 40.3 Å². The Bertz CT molecular complexity index is 1080. The molecule has 0 aliphatic rings. The molecular weight excluding hydrogens is 390 g/mol. The van der Waals surface area contributed by atoms with E-state index in [2.05, 4.69) is 21.7 Å². The van der Waals surface area contributed by atoms with Crippen molar-refractivity contribution in [3.05, 3.63) is 88.7 Å². The van der Waals surface area contributed by atoms with Crippen LogP contribution in [0.15, 0.2) is 60.9 Å². The topological polar surface area (TPSA) is 80.3 Å². The number of hydrogen-bond donors (Lipinski definition) is 2. The third-order valence-corrected chi connectivity index (χ3v) is 5.04. The molecule has 0 unspecified atom stereocenters. The lowest BCUT2D eigenvalue weighted by Crippen LogP contribution is -2.32. The van der Waals surface area contributed by atoms with Crippen LogP contribution in [0.4, 0.5) is 5.69 Å². The maximum atomic E-state index is 12.8. The third kappa shape index (κ3) is 5.69. The van der Waals surface area contributed by atoms with E-state index >= 15 is 0 Å². The van der Waals surface area contributed by atoms with E-state index in [0.717, 1.165) is 22.3 Å². The Morgan fingerprint density at radius 1 is 1.06 bits per heavy atom. The summed E-state index contributed by atoms with van der Waals surface area (Å²) in [5.74, 6) is 0.0761. The van der Waals surface area contributed by atoms with Crippen molar-refractivity contribution in [2.75, 3.05) is 5.32 Å². The monoisotopic (exact) mass is 417 g/mol. The molecule has 2 amide bonds. The largest absolute Gasteiger partial charge is 0.481 e. The van der Waals surface area contributed by atoms with E-state index < -0.39 is 6.10 Å². The zero-order valence-electron chi connectivity index (χ0n) is 18.2. The normalized spacial score (nSPS) is 11.5.